The molecule has 0 radical (unpaired) electrons. The first-order valence-electron chi connectivity index (χ1n) is 10.5. The van der Waals surface area contributed by atoms with E-state index in [1.807, 2.05) is 6.92 Å². The van der Waals surface area contributed by atoms with E-state index in [1.165, 1.54) is 11.9 Å². The van der Waals surface area contributed by atoms with Crippen molar-refractivity contribution in [3.63, 3.8) is 0 Å². The normalized spacial score (nSPS) is 14.0. The van der Waals surface area contributed by atoms with Gasteiger partial charge in [-0.3, -0.25) is 19.2 Å². The topological polar surface area (TPSA) is 105 Å². The number of ether oxygens (including phenoxy) is 2. The SMILES string of the molecule is CCOC(=O)C1CCN(C(=O)CN(C)C(=O)CNC(=O)c2ccc(OCC)cc2)CC1. The van der Waals surface area contributed by atoms with Crippen molar-refractivity contribution in [1.82, 2.24) is 15.1 Å². The lowest BCUT2D eigenvalue weighted by Gasteiger charge is -2.32. The summed E-state index contributed by atoms with van der Waals surface area (Å²) in [7, 11) is 1.52. The second-order valence-electron chi connectivity index (χ2n) is 7.30. The number of carbonyl (C=O) groups excluding carboxylic acids is 4. The van der Waals surface area contributed by atoms with Gasteiger partial charge in [0.2, 0.25) is 11.8 Å². The first-order valence-corrected chi connectivity index (χ1v) is 10.5. The van der Waals surface area contributed by atoms with E-state index in [4.69, 9.17) is 9.47 Å². The van der Waals surface area contributed by atoms with Gasteiger partial charge in [0.05, 0.1) is 32.2 Å². The Morgan fingerprint density at radius 2 is 1.71 bits per heavy atom. The lowest BCUT2D eigenvalue weighted by molar-refractivity contribution is -0.151. The molecule has 1 aromatic carbocycles. The van der Waals surface area contributed by atoms with Crippen molar-refractivity contribution in [3.05, 3.63) is 29.8 Å². The van der Waals surface area contributed by atoms with Crippen LogP contribution in [0.25, 0.3) is 0 Å². The summed E-state index contributed by atoms with van der Waals surface area (Å²) >= 11 is 0. The van der Waals surface area contributed by atoms with Crippen LogP contribution in [0, 0.1) is 5.92 Å². The fourth-order valence-electron chi connectivity index (χ4n) is 3.28. The molecule has 1 heterocycles. The minimum absolute atomic E-state index is 0.0815. The summed E-state index contributed by atoms with van der Waals surface area (Å²) in [6, 6.07) is 6.63. The van der Waals surface area contributed by atoms with Crippen LogP contribution in [-0.2, 0) is 19.1 Å². The monoisotopic (exact) mass is 433 g/mol. The number of carbonyl (C=O) groups is 4. The minimum atomic E-state index is -0.378. The quantitative estimate of drug-likeness (QED) is 0.584. The molecule has 1 aromatic rings. The molecule has 0 unspecified atom stereocenters. The van der Waals surface area contributed by atoms with Crippen molar-refractivity contribution in [1.29, 1.82) is 0 Å². The molecule has 0 bridgehead atoms. The highest BCUT2D eigenvalue weighted by molar-refractivity contribution is 5.96. The van der Waals surface area contributed by atoms with Gasteiger partial charge in [0.25, 0.3) is 5.91 Å². The van der Waals surface area contributed by atoms with Crippen LogP contribution in [0.4, 0.5) is 0 Å². The van der Waals surface area contributed by atoms with Gasteiger partial charge in [-0.1, -0.05) is 0 Å². The zero-order valence-electron chi connectivity index (χ0n) is 18.4. The molecule has 9 heteroatoms. The highest BCUT2D eigenvalue weighted by Crippen LogP contribution is 2.19. The molecule has 170 valence electrons. The molecule has 1 N–H and O–H groups in total. The summed E-state index contributed by atoms with van der Waals surface area (Å²) < 4.78 is 10.4. The van der Waals surface area contributed by atoms with E-state index in [0.29, 0.717) is 50.5 Å². The molecule has 1 aliphatic rings. The molecule has 3 amide bonds. The second-order valence-corrected chi connectivity index (χ2v) is 7.30. The molecule has 0 atom stereocenters. The number of piperidine rings is 1. The Labute approximate surface area is 182 Å². The first kappa shape index (κ1) is 24.2. The maximum Gasteiger partial charge on any atom is 0.309 e. The molecular weight excluding hydrogens is 402 g/mol. The lowest BCUT2D eigenvalue weighted by atomic mass is 9.97. The van der Waals surface area contributed by atoms with E-state index < -0.39 is 0 Å². The van der Waals surface area contributed by atoms with Gasteiger partial charge in [-0.15, -0.1) is 0 Å². The van der Waals surface area contributed by atoms with E-state index in [0.717, 1.165) is 0 Å². The summed E-state index contributed by atoms with van der Waals surface area (Å²) in [5.41, 5.74) is 0.416. The van der Waals surface area contributed by atoms with Crippen molar-refractivity contribution >= 4 is 23.7 Å². The average Bonchev–Trinajstić information content (AvgIpc) is 2.78. The Morgan fingerprint density at radius 1 is 1.06 bits per heavy atom. The molecule has 1 saturated heterocycles. The number of hydrogen-bond donors (Lipinski definition) is 1. The largest absolute Gasteiger partial charge is 0.494 e. The van der Waals surface area contributed by atoms with Crippen LogP contribution in [0.2, 0.25) is 0 Å². The molecule has 0 spiro atoms. The van der Waals surface area contributed by atoms with E-state index in [-0.39, 0.29) is 42.7 Å². The van der Waals surface area contributed by atoms with Crippen LogP contribution in [0.3, 0.4) is 0 Å². The number of esters is 1. The van der Waals surface area contributed by atoms with Crippen LogP contribution in [0.5, 0.6) is 5.75 Å². The summed E-state index contributed by atoms with van der Waals surface area (Å²) in [6.07, 6.45) is 1.11. The van der Waals surface area contributed by atoms with Crippen LogP contribution >= 0.6 is 0 Å². The van der Waals surface area contributed by atoms with Crippen molar-refractivity contribution in [3.8, 4) is 5.75 Å². The van der Waals surface area contributed by atoms with Gasteiger partial charge in [0.15, 0.2) is 0 Å². The third-order valence-corrected chi connectivity index (χ3v) is 5.09. The summed E-state index contributed by atoms with van der Waals surface area (Å²) in [6.45, 7) is 5.15. The molecule has 0 aliphatic carbocycles. The third kappa shape index (κ3) is 7.27. The molecule has 0 saturated carbocycles. The number of hydrogen-bond acceptors (Lipinski definition) is 6. The zero-order chi connectivity index (χ0) is 22.8. The standard InChI is InChI=1S/C22H31N3O6/c1-4-30-18-8-6-16(7-9-18)21(28)23-14-19(26)24(3)15-20(27)25-12-10-17(11-13-25)22(29)31-5-2/h6-9,17H,4-5,10-15H2,1-3H3,(H,23,28). The van der Waals surface area contributed by atoms with Crippen molar-refractivity contribution in [2.24, 2.45) is 5.92 Å². The smallest absolute Gasteiger partial charge is 0.309 e. The number of likely N-dealkylation sites (tertiary alicyclic amines) is 1. The maximum atomic E-state index is 12.5. The predicted octanol–water partition coefficient (Wildman–Crippen LogP) is 1.08. The van der Waals surface area contributed by atoms with Gasteiger partial charge < -0.3 is 24.6 Å². The third-order valence-electron chi connectivity index (χ3n) is 5.09. The zero-order valence-corrected chi connectivity index (χ0v) is 18.4. The number of amides is 3. The molecular formula is C22H31N3O6. The van der Waals surface area contributed by atoms with E-state index in [9.17, 15) is 19.2 Å². The predicted molar refractivity (Wildman–Crippen MR) is 114 cm³/mol. The van der Waals surface area contributed by atoms with Gasteiger partial charge in [-0.25, -0.2) is 0 Å². The Kier molecular flexibility index (Phi) is 9.30. The molecule has 0 aromatic heterocycles. The number of likely N-dealkylation sites (N-methyl/N-ethyl adjacent to an activating group) is 1. The van der Waals surface area contributed by atoms with Crippen LogP contribution < -0.4 is 10.1 Å². The molecule has 9 nitrogen and oxygen atoms in total. The van der Waals surface area contributed by atoms with Gasteiger partial charge in [-0.2, -0.15) is 0 Å². The van der Waals surface area contributed by atoms with E-state index >= 15 is 0 Å². The highest BCUT2D eigenvalue weighted by Gasteiger charge is 2.29. The first-order chi connectivity index (χ1) is 14.8. The summed E-state index contributed by atoms with van der Waals surface area (Å²) in [5, 5.41) is 2.57. The molecule has 1 aliphatic heterocycles. The molecule has 2 rings (SSSR count). The Bertz CT molecular complexity index is 772. The lowest BCUT2D eigenvalue weighted by Crippen LogP contribution is -2.47. The van der Waals surface area contributed by atoms with Gasteiger partial charge >= 0.3 is 5.97 Å². The fraction of sp³-hybridized carbons (Fsp3) is 0.545. The van der Waals surface area contributed by atoms with Crippen molar-refractivity contribution < 1.29 is 28.7 Å². The van der Waals surface area contributed by atoms with Crippen molar-refractivity contribution in [2.75, 3.05) is 46.4 Å². The average molecular weight is 434 g/mol. The summed E-state index contributed by atoms with van der Waals surface area (Å²) in [5.74, 6) is -0.659. The minimum Gasteiger partial charge on any atom is -0.494 e. The fourth-order valence-corrected chi connectivity index (χ4v) is 3.28. The van der Waals surface area contributed by atoms with Gasteiger partial charge in [-0.05, 0) is 51.0 Å². The Balaban J connectivity index is 1.74. The highest BCUT2D eigenvalue weighted by atomic mass is 16.5. The number of benzene rings is 1. The summed E-state index contributed by atoms with van der Waals surface area (Å²) in [4.78, 5) is 51.7. The second kappa shape index (κ2) is 11.9. The number of nitrogens with zero attached hydrogens (tertiary/aromatic N) is 2. The van der Waals surface area contributed by atoms with E-state index in [2.05, 4.69) is 5.32 Å². The molecule has 1 fully saturated rings. The Morgan fingerprint density at radius 3 is 2.29 bits per heavy atom. The number of rotatable bonds is 9. The van der Waals surface area contributed by atoms with E-state index in [1.54, 1.807) is 36.1 Å². The number of nitrogens with one attached hydrogen (secondary N) is 1. The van der Waals surface area contributed by atoms with Crippen molar-refractivity contribution in [2.45, 2.75) is 26.7 Å². The van der Waals surface area contributed by atoms with Crippen LogP contribution in [0.1, 0.15) is 37.0 Å². The van der Waals surface area contributed by atoms with Crippen LogP contribution in [0.15, 0.2) is 24.3 Å². The molecule has 31 heavy (non-hydrogen) atoms. The Hall–Kier alpha value is -3.10. The maximum absolute atomic E-state index is 12.5. The van der Waals surface area contributed by atoms with Gasteiger partial charge in [0.1, 0.15) is 5.75 Å². The van der Waals surface area contributed by atoms with Gasteiger partial charge in [0, 0.05) is 25.7 Å². The van der Waals surface area contributed by atoms with Crippen LogP contribution in [-0.4, -0.2) is 79.9 Å².